The molecule has 1 rings (SSSR count). The molecule has 2 amide bonds. The molecule has 0 radical (unpaired) electrons. The molecular formula is C14H22N4O2. The van der Waals surface area contributed by atoms with Gasteiger partial charge in [0.05, 0.1) is 16.9 Å². The van der Waals surface area contributed by atoms with Crippen LogP contribution < -0.4 is 22.1 Å². The molecule has 6 heteroatoms. The van der Waals surface area contributed by atoms with Crippen molar-refractivity contribution in [3.63, 3.8) is 0 Å². The fourth-order valence-corrected chi connectivity index (χ4v) is 1.75. The van der Waals surface area contributed by atoms with Gasteiger partial charge in [0.25, 0.3) is 5.91 Å². The lowest BCUT2D eigenvalue weighted by molar-refractivity contribution is -0.122. The van der Waals surface area contributed by atoms with Crippen molar-refractivity contribution < 1.29 is 9.59 Å². The van der Waals surface area contributed by atoms with Gasteiger partial charge in [-0.05, 0) is 32.9 Å². The summed E-state index contributed by atoms with van der Waals surface area (Å²) in [4.78, 5) is 23.0. The highest BCUT2D eigenvalue weighted by Crippen LogP contribution is 2.22. The Morgan fingerprint density at radius 1 is 1.25 bits per heavy atom. The number of carbonyl (C=O) groups excluding carboxylic acids is 2. The predicted octanol–water partition coefficient (Wildman–Crippen LogP) is 1.08. The van der Waals surface area contributed by atoms with E-state index >= 15 is 0 Å². The van der Waals surface area contributed by atoms with Gasteiger partial charge in [-0.15, -0.1) is 0 Å². The minimum Gasteiger partial charge on any atom is -0.397 e. The number of primary amides is 1. The molecule has 0 fully saturated rings. The SMILES string of the molecule is CC(C)(C)NC(=O)CCNc1c(N)cccc1C(N)=O. The van der Waals surface area contributed by atoms with Gasteiger partial charge in [0.15, 0.2) is 0 Å². The number of amides is 2. The highest BCUT2D eigenvalue weighted by Gasteiger charge is 2.14. The molecule has 0 aliphatic heterocycles. The molecule has 1 aromatic rings. The number of hydrogen-bond acceptors (Lipinski definition) is 4. The molecule has 1 aromatic carbocycles. The zero-order valence-corrected chi connectivity index (χ0v) is 12.1. The second kappa shape index (κ2) is 6.27. The Kier molecular flexibility index (Phi) is 4.96. The van der Waals surface area contributed by atoms with Gasteiger partial charge in [-0.25, -0.2) is 0 Å². The van der Waals surface area contributed by atoms with Crippen LogP contribution in [0.1, 0.15) is 37.6 Å². The molecule has 0 spiro atoms. The summed E-state index contributed by atoms with van der Waals surface area (Å²) in [6.45, 7) is 6.12. The molecular weight excluding hydrogens is 256 g/mol. The van der Waals surface area contributed by atoms with E-state index in [1.54, 1.807) is 18.2 Å². The fourth-order valence-electron chi connectivity index (χ4n) is 1.75. The van der Waals surface area contributed by atoms with E-state index < -0.39 is 5.91 Å². The van der Waals surface area contributed by atoms with Crippen LogP contribution in [0.15, 0.2) is 18.2 Å². The summed E-state index contributed by atoms with van der Waals surface area (Å²) in [5.41, 5.74) is 12.1. The molecule has 110 valence electrons. The number of nitrogen functional groups attached to an aromatic ring is 1. The van der Waals surface area contributed by atoms with Crippen LogP contribution in [-0.4, -0.2) is 23.9 Å². The van der Waals surface area contributed by atoms with Crippen LogP contribution in [0.3, 0.4) is 0 Å². The third-order valence-electron chi connectivity index (χ3n) is 2.53. The smallest absolute Gasteiger partial charge is 0.250 e. The Hall–Kier alpha value is -2.24. The molecule has 0 unspecified atom stereocenters. The van der Waals surface area contributed by atoms with Gasteiger partial charge >= 0.3 is 0 Å². The number of rotatable bonds is 5. The summed E-state index contributed by atoms with van der Waals surface area (Å²) in [7, 11) is 0. The quantitative estimate of drug-likeness (QED) is 0.604. The Labute approximate surface area is 118 Å². The molecule has 6 N–H and O–H groups in total. The van der Waals surface area contributed by atoms with E-state index in [1.165, 1.54) is 0 Å². The monoisotopic (exact) mass is 278 g/mol. The molecule has 20 heavy (non-hydrogen) atoms. The highest BCUT2D eigenvalue weighted by atomic mass is 16.2. The zero-order chi connectivity index (χ0) is 15.3. The van der Waals surface area contributed by atoms with Crippen molar-refractivity contribution in [1.29, 1.82) is 0 Å². The molecule has 0 aliphatic carbocycles. The number of para-hydroxylation sites is 1. The van der Waals surface area contributed by atoms with Crippen molar-refractivity contribution in [1.82, 2.24) is 5.32 Å². The largest absolute Gasteiger partial charge is 0.397 e. The maximum absolute atomic E-state index is 11.7. The maximum Gasteiger partial charge on any atom is 0.250 e. The van der Waals surface area contributed by atoms with Crippen LogP contribution in [0, 0.1) is 0 Å². The van der Waals surface area contributed by atoms with E-state index in [2.05, 4.69) is 10.6 Å². The molecule has 0 aromatic heterocycles. The third kappa shape index (κ3) is 4.79. The summed E-state index contributed by atoms with van der Waals surface area (Å²) in [5.74, 6) is -0.626. The van der Waals surface area contributed by atoms with Crippen molar-refractivity contribution in [3.8, 4) is 0 Å². The Balaban J connectivity index is 2.63. The van der Waals surface area contributed by atoms with Gasteiger partial charge in [0.1, 0.15) is 0 Å². The first-order valence-corrected chi connectivity index (χ1v) is 6.44. The Morgan fingerprint density at radius 2 is 1.90 bits per heavy atom. The van der Waals surface area contributed by atoms with E-state index in [0.717, 1.165) is 0 Å². The fraction of sp³-hybridized carbons (Fsp3) is 0.429. The van der Waals surface area contributed by atoms with E-state index in [4.69, 9.17) is 11.5 Å². The number of carbonyl (C=O) groups is 2. The van der Waals surface area contributed by atoms with Gasteiger partial charge in [-0.3, -0.25) is 9.59 Å². The van der Waals surface area contributed by atoms with Crippen molar-refractivity contribution in [2.45, 2.75) is 32.7 Å². The van der Waals surface area contributed by atoms with Gasteiger partial charge in [0.2, 0.25) is 5.91 Å². The Morgan fingerprint density at radius 3 is 2.45 bits per heavy atom. The summed E-state index contributed by atoms with van der Waals surface area (Å²) < 4.78 is 0. The Bertz CT molecular complexity index is 506. The first kappa shape index (κ1) is 15.8. The molecule has 0 saturated carbocycles. The lowest BCUT2D eigenvalue weighted by atomic mass is 10.1. The first-order valence-electron chi connectivity index (χ1n) is 6.44. The summed E-state index contributed by atoms with van der Waals surface area (Å²) in [5, 5.41) is 5.85. The third-order valence-corrected chi connectivity index (χ3v) is 2.53. The topological polar surface area (TPSA) is 110 Å². The van der Waals surface area contributed by atoms with Crippen molar-refractivity contribution in [2.24, 2.45) is 5.73 Å². The standard InChI is InChI=1S/C14H22N4O2/c1-14(2,3)18-11(19)7-8-17-12-9(13(16)20)5-4-6-10(12)15/h4-6,17H,7-8,15H2,1-3H3,(H2,16,20)(H,18,19). The van der Waals surface area contributed by atoms with E-state index in [9.17, 15) is 9.59 Å². The summed E-state index contributed by atoms with van der Waals surface area (Å²) in [6, 6.07) is 4.92. The van der Waals surface area contributed by atoms with Crippen LogP contribution in [0.4, 0.5) is 11.4 Å². The average Bonchev–Trinajstić information content (AvgIpc) is 2.28. The zero-order valence-electron chi connectivity index (χ0n) is 12.1. The highest BCUT2D eigenvalue weighted by molar-refractivity contribution is 6.01. The van der Waals surface area contributed by atoms with Crippen molar-refractivity contribution in [2.75, 3.05) is 17.6 Å². The van der Waals surface area contributed by atoms with Crippen molar-refractivity contribution >= 4 is 23.2 Å². The number of anilines is 2. The number of nitrogens with one attached hydrogen (secondary N) is 2. The summed E-state index contributed by atoms with van der Waals surface area (Å²) >= 11 is 0. The molecule has 0 aliphatic rings. The molecule has 0 saturated heterocycles. The summed E-state index contributed by atoms with van der Waals surface area (Å²) in [6.07, 6.45) is 0.282. The van der Waals surface area contributed by atoms with Gasteiger partial charge in [0, 0.05) is 18.5 Å². The number of nitrogens with two attached hydrogens (primary N) is 2. The lowest BCUT2D eigenvalue weighted by Gasteiger charge is -2.20. The first-order chi connectivity index (χ1) is 9.20. The minimum atomic E-state index is -0.557. The predicted molar refractivity (Wildman–Crippen MR) is 80.4 cm³/mol. The maximum atomic E-state index is 11.7. The molecule has 0 atom stereocenters. The second-order valence-corrected chi connectivity index (χ2v) is 5.61. The van der Waals surface area contributed by atoms with Crippen LogP contribution in [0.25, 0.3) is 0 Å². The van der Waals surface area contributed by atoms with Crippen LogP contribution in [-0.2, 0) is 4.79 Å². The van der Waals surface area contributed by atoms with Gasteiger partial charge in [-0.1, -0.05) is 6.07 Å². The van der Waals surface area contributed by atoms with Gasteiger partial charge in [-0.2, -0.15) is 0 Å². The molecule has 0 bridgehead atoms. The number of hydrogen-bond donors (Lipinski definition) is 4. The normalized spacial score (nSPS) is 10.9. The lowest BCUT2D eigenvalue weighted by Crippen LogP contribution is -2.41. The minimum absolute atomic E-state index is 0.0693. The average molecular weight is 278 g/mol. The van der Waals surface area contributed by atoms with Crippen molar-refractivity contribution in [3.05, 3.63) is 23.8 Å². The second-order valence-electron chi connectivity index (χ2n) is 5.61. The van der Waals surface area contributed by atoms with E-state index in [1.807, 2.05) is 20.8 Å². The van der Waals surface area contributed by atoms with Crippen LogP contribution in [0.5, 0.6) is 0 Å². The van der Waals surface area contributed by atoms with E-state index in [0.29, 0.717) is 23.5 Å². The number of benzene rings is 1. The van der Waals surface area contributed by atoms with Gasteiger partial charge < -0.3 is 22.1 Å². The van der Waals surface area contributed by atoms with Crippen LogP contribution >= 0.6 is 0 Å². The van der Waals surface area contributed by atoms with Crippen LogP contribution in [0.2, 0.25) is 0 Å². The molecule has 0 heterocycles. The molecule has 6 nitrogen and oxygen atoms in total. The van der Waals surface area contributed by atoms with E-state index in [-0.39, 0.29) is 17.9 Å².